The van der Waals surface area contributed by atoms with Gasteiger partial charge < -0.3 is 15.4 Å². The van der Waals surface area contributed by atoms with Crippen LogP contribution in [0.15, 0.2) is 59.2 Å². The highest BCUT2D eigenvalue weighted by Crippen LogP contribution is 2.23. The molecule has 2 aromatic carbocycles. The molecule has 0 aliphatic heterocycles. The molecule has 0 radical (unpaired) electrons. The summed E-state index contributed by atoms with van der Waals surface area (Å²) >= 11 is 3.32. The Balaban J connectivity index is 1.98. The van der Waals surface area contributed by atoms with Crippen molar-refractivity contribution in [1.29, 1.82) is 0 Å². The van der Waals surface area contributed by atoms with Gasteiger partial charge in [0, 0.05) is 16.7 Å². The highest BCUT2D eigenvalue weighted by atomic mass is 79.9. The van der Waals surface area contributed by atoms with Crippen LogP contribution in [-0.2, 0) is 14.3 Å². The van der Waals surface area contributed by atoms with Gasteiger partial charge in [-0.25, -0.2) is 4.79 Å². The van der Waals surface area contributed by atoms with Gasteiger partial charge in [0.1, 0.15) is 0 Å². The summed E-state index contributed by atoms with van der Waals surface area (Å²) in [5.41, 5.74) is 1.57. The summed E-state index contributed by atoms with van der Waals surface area (Å²) in [5.74, 6) is -3.49. The lowest BCUT2D eigenvalue weighted by Gasteiger charge is -2.11. The number of esters is 1. The predicted molar refractivity (Wildman–Crippen MR) is 108 cm³/mol. The largest absolute Gasteiger partial charge is 0.454 e. The number of anilines is 2. The van der Waals surface area contributed by atoms with E-state index in [4.69, 9.17) is 4.74 Å². The Morgan fingerprint density at radius 2 is 1.80 bits per heavy atom. The van der Waals surface area contributed by atoms with Crippen LogP contribution in [0.3, 0.4) is 0 Å². The van der Waals surface area contributed by atoms with Crippen LogP contribution in [0.2, 0.25) is 0 Å². The van der Waals surface area contributed by atoms with Gasteiger partial charge in [-0.2, -0.15) is 13.2 Å². The number of benzene rings is 2. The Bertz CT molecular complexity index is 990. The highest BCUT2D eigenvalue weighted by molar-refractivity contribution is 9.10. The van der Waals surface area contributed by atoms with Gasteiger partial charge in [0.05, 0.1) is 16.9 Å². The van der Waals surface area contributed by atoms with Crippen molar-refractivity contribution in [3.05, 3.63) is 70.3 Å². The average molecular weight is 485 g/mol. The predicted octanol–water partition coefficient (Wildman–Crippen LogP) is 4.61. The molecule has 0 aliphatic carbocycles. The van der Waals surface area contributed by atoms with E-state index in [0.29, 0.717) is 16.2 Å². The third-order valence-corrected chi connectivity index (χ3v) is 4.29. The highest BCUT2D eigenvalue weighted by Gasteiger charge is 2.36. The molecule has 2 rings (SSSR count). The zero-order chi connectivity index (χ0) is 22.3. The van der Waals surface area contributed by atoms with Crippen molar-refractivity contribution in [3.63, 3.8) is 0 Å². The van der Waals surface area contributed by atoms with Gasteiger partial charge in [-0.05, 0) is 52.7 Å². The monoisotopic (exact) mass is 484 g/mol. The third kappa shape index (κ3) is 6.73. The lowest BCUT2D eigenvalue weighted by atomic mass is 10.2. The Hall–Kier alpha value is -3.14. The Morgan fingerprint density at radius 1 is 1.10 bits per heavy atom. The summed E-state index contributed by atoms with van der Waals surface area (Å²) in [6.07, 6.45) is -3.92. The molecule has 0 saturated heterocycles. The number of allylic oxidation sites excluding steroid dienone is 1. The molecule has 0 spiro atoms. The smallest absolute Gasteiger partial charge is 0.452 e. The fourth-order valence-corrected chi connectivity index (χ4v) is 2.80. The molecule has 0 heterocycles. The molecule has 0 saturated carbocycles. The standard InChI is InChI=1S/C20H16BrF3N2O4/c1-12-6-7-16(14(21)10-12)26-18(28)11-30-19(29)13-4-2-3-5-15(13)25-9-8-17(27)20(22,23)24/h2-10,25H,11H2,1H3,(H,26,28). The second kappa shape index (κ2) is 10.1. The summed E-state index contributed by atoms with van der Waals surface area (Å²) in [4.78, 5) is 35.2. The van der Waals surface area contributed by atoms with Crippen LogP contribution in [0.1, 0.15) is 15.9 Å². The number of ketones is 1. The molecular formula is C20H16BrF3N2O4. The number of hydrogen-bond acceptors (Lipinski definition) is 5. The average Bonchev–Trinajstić information content (AvgIpc) is 2.68. The lowest BCUT2D eigenvalue weighted by Crippen LogP contribution is -2.21. The maximum absolute atomic E-state index is 12.3. The third-order valence-electron chi connectivity index (χ3n) is 3.63. The van der Waals surface area contributed by atoms with Crippen molar-refractivity contribution in [2.24, 2.45) is 0 Å². The number of hydrogen-bond donors (Lipinski definition) is 2. The van der Waals surface area contributed by atoms with E-state index in [1.165, 1.54) is 24.3 Å². The molecule has 1 amide bonds. The number of ether oxygens (including phenoxy) is 1. The fourth-order valence-electron chi connectivity index (χ4n) is 2.21. The Labute approximate surface area is 178 Å². The molecule has 30 heavy (non-hydrogen) atoms. The van der Waals surface area contributed by atoms with E-state index >= 15 is 0 Å². The van der Waals surface area contributed by atoms with Gasteiger partial charge in [-0.3, -0.25) is 9.59 Å². The summed E-state index contributed by atoms with van der Waals surface area (Å²) in [6, 6.07) is 11.1. The van der Waals surface area contributed by atoms with Gasteiger partial charge in [-0.15, -0.1) is 0 Å². The number of halogens is 4. The van der Waals surface area contributed by atoms with E-state index in [1.807, 2.05) is 6.92 Å². The van der Waals surface area contributed by atoms with Crippen molar-refractivity contribution in [2.45, 2.75) is 13.1 Å². The number of carbonyl (C=O) groups is 3. The number of aryl methyl sites for hydroxylation is 1. The molecule has 6 nitrogen and oxygen atoms in total. The van der Waals surface area contributed by atoms with Crippen LogP contribution in [-0.4, -0.2) is 30.4 Å². The van der Waals surface area contributed by atoms with Gasteiger partial charge in [0.15, 0.2) is 6.61 Å². The topological polar surface area (TPSA) is 84.5 Å². The van der Waals surface area contributed by atoms with E-state index in [1.54, 1.807) is 18.2 Å². The molecule has 158 valence electrons. The minimum atomic E-state index is -4.99. The van der Waals surface area contributed by atoms with Crippen LogP contribution >= 0.6 is 15.9 Å². The molecule has 0 unspecified atom stereocenters. The van der Waals surface area contributed by atoms with Crippen molar-refractivity contribution in [2.75, 3.05) is 17.2 Å². The lowest BCUT2D eigenvalue weighted by molar-refractivity contribution is -0.165. The Kier molecular flexibility index (Phi) is 7.76. The Morgan fingerprint density at radius 3 is 2.47 bits per heavy atom. The van der Waals surface area contributed by atoms with Crippen LogP contribution < -0.4 is 10.6 Å². The number of nitrogens with one attached hydrogen (secondary N) is 2. The number of rotatable bonds is 7. The zero-order valence-electron chi connectivity index (χ0n) is 15.5. The molecular weight excluding hydrogens is 469 g/mol. The van der Waals surface area contributed by atoms with Crippen LogP contribution in [0, 0.1) is 6.92 Å². The first-order valence-electron chi connectivity index (χ1n) is 8.44. The minimum Gasteiger partial charge on any atom is -0.452 e. The van der Waals surface area contributed by atoms with Gasteiger partial charge in [-0.1, -0.05) is 18.2 Å². The molecule has 0 bridgehead atoms. The molecule has 10 heteroatoms. The second-order valence-electron chi connectivity index (χ2n) is 5.99. The molecule has 2 N–H and O–H groups in total. The first-order chi connectivity index (χ1) is 14.1. The minimum absolute atomic E-state index is 0.0223. The van der Waals surface area contributed by atoms with Gasteiger partial charge >= 0.3 is 12.1 Å². The normalized spacial score (nSPS) is 11.2. The number of para-hydroxylation sites is 1. The molecule has 0 atom stereocenters. The van der Waals surface area contributed by atoms with Crippen LogP contribution in [0.25, 0.3) is 0 Å². The molecule has 0 aliphatic rings. The first-order valence-corrected chi connectivity index (χ1v) is 9.23. The fraction of sp³-hybridized carbons (Fsp3) is 0.150. The molecule has 0 fully saturated rings. The number of amides is 1. The molecule has 2 aromatic rings. The summed E-state index contributed by atoms with van der Waals surface area (Å²) in [5, 5.41) is 5.01. The van der Waals surface area contributed by atoms with Gasteiger partial charge in [0.25, 0.3) is 11.7 Å². The zero-order valence-corrected chi connectivity index (χ0v) is 17.1. The number of carbonyl (C=O) groups excluding carboxylic acids is 3. The summed E-state index contributed by atoms with van der Waals surface area (Å²) in [6.45, 7) is 1.31. The van der Waals surface area contributed by atoms with Crippen molar-refractivity contribution < 1.29 is 32.3 Å². The number of alkyl halides is 3. The van der Waals surface area contributed by atoms with E-state index in [0.717, 1.165) is 11.8 Å². The maximum Gasteiger partial charge on any atom is 0.454 e. The second-order valence-corrected chi connectivity index (χ2v) is 6.85. The summed E-state index contributed by atoms with van der Waals surface area (Å²) in [7, 11) is 0. The summed E-state index contributed by atoms with van der Waals surface area (Å²) < 4.78 is 42.3. The van der Waals surface area contributed by atoms with Crippen molar-refractivity contribution >= 4 is 45.0 Å². The first kappa shape index (κ1) is 23.1. The van der Waals surface area contributed by atoms with Crippen LogP contribution in [0.5, 0.6) is 0 Å². The SMILES string of the molecule is Cc1ccc(NC(=O)COC(=O)c2ccccc2NC=CC(=O)C(F)(F)F)c(Br)c1. The van der Waals surface area contributed by atoms with E-state index in [-0.39, 0.29) is 11.3 Å². The van der Waals surface area contributed by atoms with E-state index in [9.17, 15) is 27.6 Å². The quantitative estimate of drug-likeness (QED) is 0.442. The van der Waals surface area contributed by atoms with Crippen molar-refractivity contribution in [1.82, 2.24) is 0 Å². The van der Waals surface area contributed by atoms with E-state index < -0.39 is 30.4 Å². The van der Waals surface area contributed by atoms with Crippen molar-refractivity contribution in [3.8, 4) is 0 Å². The maximum atomic E-state index is 12.3. The van der Waals surface area contributed by atoms with Crippen LogP contribution in [0.4, 0.5) is 24.5 Å². The van der Waals surface area contributed by atoms with E-state index in [2.05, 4.69) is 26.6 Å². The van der Waals surface area contributed by atoms with Gasteiger partial charge in [0.2, 0.25) is 0 Å². The molecule has 0 aromatic heterocycles.